The van der Waals surface area contributed by atoms with Crippen molar-refractivity contribution in [2.45, 2.75) is 19.4 Å². The topological polar surface area (TPSA) is 66.7 Å². The van der Waals surface area contributed by atoms with Gasteiger partial charge in [-0.1, -0.05) is 0 Å². The molecule has 1 aliphatic rings. The van der Waals surface area contributed by atoms with Gasteiger partial charge in [-0.05, 0) is 32.4 Å². The largest absolute Gasteiger partial charge is 0.330 e. The van der Waals surface area contributed by atoms with Crippen LogP contribution in [0.5, 0.6) is 0 Å². The van der Waals surface area contributed by atoms with Crippen LogP contribution in [-0.2, 0) is 0 Å². The van der Waals surface area contributed by atoms with Gasteiger partial charge in [-0.3, -0.25) is 5.10 Å². The normalized spacial score (nSPS) is 28.2. The van der Waals surface area contributed by atoms with Crippen molar-refractivity contribution < 1.29 is 0 Å². The van der Waals surface area contributed by atoms with E-state index in [1.165, 1.54) is 12.0 Å². The number of aromatic nitrogens is 2. The molecule has 2 atom stereocenters. The van der Waals surface area contributed by atoms with Crippen LogP contribution in [0.15, 0.2) is 6.20 Å². The Balaban J connectivity index is 2.20. The van der Waals surface area contributed by atoms with Crippen LogP contribution in [0, 0.1) is 12.8 Å². The van der Waals surface area contributed by atoms with Crippen LogP contribution in [0.1, 0.15) is 23.7 Å². The van der Waals surface area contributed by atoms with Gasteiger partial charge >= 0.3 is 0 Å². The highest BCUT2D eigenvalue weighted by molar-refractivity contribution is 5.21. The van der Waals surface area contributed by atoms with Gasteiger partial charge in [0.2, 0.25) is 0 Å². The van der Waals surface area contributed by atoms with Gasteiger partial charge < -0.3 is 11.1 Å². The van der Waals surface area contributed by atoms with Crippen LogP contribution in [0.2, 0.25) is 0 Å². The SMILES string of the molecule is Cc1[nH]ncc1C1NCCC1CN. The summed E-state index contributed by atoms with van der Waals surface area (Å²) in [6, 6.07) is 0.406. The molecule has 2 unspecified atom stereocenters. The predicted molar refractivity (Wildman–Crippen MR) is 51.2 cm³/mol. The Morgan fingerprint density at radius 3 is 3.15 bits per heavy atom. The number of hydrogen-bond acceptors (Lipinski definition) is 3. The highest BCUT2D eigenvalue weighted by Crippen LogP contribution is 2.29. The average Bonchev–Trinajstić information content (AvgIpc) is 2.71. The molecule has 4 nitrogen and oxygen atoms in total. The summed E-state index contributed by atoms with van der Waals surface area (Å²) in [4.78, 5) is 0. The summed E-state index contributed by atoms with van der Waals surface area (Å²) < 4.78 is 0. The van der Waals surface area contributed by atoms with E-state index in [4.69, 9.17) is 5.73 Å². The fourth-order valence-corrected chi connectivity index (χ4v) is 2.05. The second-order valence-corrected chi connectivity index (χ2v) is 3.67. The van der Waals surface area contributed by atoms with E-state index in [0.717, 1.165) is 18.8 Å². The Labute approximate surface area is 77.9 Å². The van der Waals surface area contributed by atoms with E-state index in [-0.39, 0.29) is 0 Å². The maximum atomic E-state index is 5.71. The number of rotatable bonds is 2. The summed E-state index contributed by atoms with van der Waals surface area (Å²) in [6.45, 7) is 3.87. The quantitative estimate of drug-likeness (QED) is 0.614. The van der Waals surface area contributed by atoms with Crippen molar-refractivity contribution in [1.29, 1.82) is 0 Å². The van der Waals surface area contributed by atoms with Crippen LogP contribution in [0.3, 0.4) is 0 Å². The number of aromatic amines is 1. The van der Waals surface area contributed by atoms with Crippen LogP contribution < -0.4 is 11.1 Å². The maximum Gasteiger partial charge on any atom is 0.0538 e. The molecule has 13 heavy (non-hydrogen) atoms. The Morgan fingerprint density at radius 1 is 1.69 bits per heavy atom. The van der Waals surface area contributed by atoms with Crippen molar-refractivity contribution >= 4 is 0 Å². The lowest BCUT2D eigenvalue weighted by molar-refractivity contribution is 0.471. The van der Waals surface area contributed by atoms with Crippen LogP contribution in [-0.4, -0.2) is 23.3 Å². The fraction of sp³-hybridized carbons (Fsp3) is 0.667. The van der Waals surface area contributed by atoms with Gasteiger partial charge in [0.25, 0.3) is 0 Å². The molecule has 4 N–H and O–H groups in total. The smallest absolute Gasteiger partial charge is 0.0538 e. The molecular formula is C9H16N4. The summed E-state index contributed by atoms with van der Waals surface area (Å²) in [5.74, 6) is 0.566. The first-order valence-corrected chi connectivity index (χ1v) is 4.76. The van der Waals surface area contributed by atoms with Crippen molar-refractivity contribution in [1.82, 2.24) is 15.5 Å². The third-order valence-corrected chi connectivity index (χ3v) is 2.86. The Bertz CT molecular complexity index is 281. The summed E-state index contributed by atoms with van der Waals surface area (Å²) in [5.41, 5.74) is 8.13. The van der Waals surface area contributed by atoms with E-state index < -0.39 is 0 Å². The number of nitrogens with one attached hydrogen (secondary N) is 2. The molecule has 1 saturated heterocycles. The minimum atomic E-state index is 0.406. The third kappa shape index (κ3) is 1.47. The first kappa shape index (κ1) is 8.72. The molecule has 0 spiro atoms. The van der Waals surface area contributed by atoms with Crippen LogP contribution in [0.25, 0.3) is 0 Å². The van der Waals surface area contributed by atoms with E-state index in [1.807, 2.05) is 6.20 Å². The molecule has 0 aromatic carbocycles. The van der Waals surface area contributed by atoms with Crippen molar-refractivity contribution in [3.63, 3.8) is 0 Å². The summed E-state index contributed by atoms with van der Waals surface area (Å²) in [6.07, 6.45) is 3.08. The molecule has 1 aromatic rings. The summed E-state index contributed by atoms with van der Waals surface area (Å²) >= 11 is 0. The van der Waals surface area contributed by atoms with Gasteiger partial charge in [0.15, 0.2) is 0 Å². The van der Waals surface area contributed by atoms with E-state index >= 15 is 0 Å². The van der Waals surface area contributed by atoms with Crippen molar-refractivity contribution in [3.05, 3.63) is 17.5 Å². The maximum absolute atomic E-state index is 5.71. The van der Waals surface area contributed by atoms with Crippen LogP contribution in [0.4, 0.5) is 0 Å². The molecule has 0 saturated carbocycles. The lowest BCUT2D eigenvalue weighted by atomic mass is 9.95. The van der Waals surface area contributed by atoms with Crippen molar-refractivity contribution in [2.75, 3.05) is 13.1 Å². The lowest BCUT2D eigenvalue weighted by Gasteiger charge is -2.16. The van der Waals surface area contributed by atoms with E-state index in [9.17, 15) is 0 Å². The molecule has 1 fully saturated rings. The zero-order chi connectivity index (χ0) is 9.26. The molecule has 4 heteroatoms. The fourth-order valence-electron chi connectivity index (χ4n) is 2.05. The second kappa shape index (κ2) is 3.47. The van der Waals surface area contributed by atoms with Gasteiger partial charge in [0.1, 0.15) is 0 Å². The minimum Gasteiger partial charge on any atom is -0.330 e. The van der Waals surface area contributed by atoms with Crippen molar-refractivity contribution in [2.24, 2.45) is 11.7 Å². The number of H-pyrrole nitrogens is 1. The van der Waals surface area contributed by atoms with Crippen LogP contribution >= 0.6 is 0 Å². The molecule has 0 amide bonds. The van der Waals surface area contributed by atoms with Crippen molar-refractivity contribution in [3.8, 4) is 0 Å². The first-order chi connectivity index (χ1) is 6.33. The highest BCUT2D eigenvalue weighted by atomic mass is 15.1. The molecule has 0 bridgehead atoms. The van der Waals surface area contributed by atoms with Gasteiger partial charge in [0.05, 0.1) is 6.20 Å². The van der Waals surface area contributed by atoms with Gasteiger partial charge in [-0.25, -0.2) is 0 Å². The minimum absolute atomic E-state index is 0.406. The van der Waals surface area contributed by atoms with E-state index in [0.29, 0.717) is 12.0 Å². The molecule has 1 aromatic heterocycles. The summed E-state index contributed by atoms with van der Waals surface area (Å²) in [5, 5.41) is 10.4. The molecule has 2 heterocycles. The Morgan fingerprint density at radius 2 is 2.54 bits per heavy atom. The second-order valence-electron chi connectivity index (χ2n) is 3.67. The third-order valence-electron chi connectivity index (χ3n) is 2.86. The van der Waals surface area contributed by atoms with Gasteiger partial charge in [-0.15, -0.1) is 0 Å². The number of aryl methyl sites for hydroxylation is 1. The highest BCUT2D eigenvalue weighted by Gasteiger charge is 2.28. The monoisotopic (exact) mass is 180 g/mol. The molecular weight excluding hydrogens is 164 g/mol. The zero-order valence-electron chi connectivity index (χ0n) is 7.88. The predicted octanol–water partition coefficient (Wildman–Crippen LogP) is 0.327. The first-order valence-electron chi connectivity index (χ1n) is 4.76. The molecule has 0 aliphatic carbocycles. The van der Waals surface area contributed by atoms with E-state index in [1.54, 1.807) is 0 Å². The number of nitrogens with two attached hydrogens (primary N) is 1. The molecule has 0 radical (unpaired) electrons. The molecule has 2 rings (SSSR count). The number of nitrogens with zero attached hydrogens (tertiary/aromatic N) is 1. The Hall–Kier alpha value is -0.870. The van der Waals surface area contributed by atoms with Gasteiger partial charge in [-0.2, -0.15) is 5.10 Å². The molecule has 72 valence electrons. The number of hydrogen-bond donors (Lipinski definition) is 3. The van der Waals surface area contributed by atoms with E-state index in [2.05, 4.69) is 22.4 Å². The lowest BCUT2D eigenvalue weighted by Crippen LogP contribution is -2.23. The zero-order valence-corrected chi connectivity index (χ0v) is 7.88. The van der Waals surface area contributed by atoms with Gasteiger partial charge in [0, 0.05) is 17.3 Å². The Kier molecular flexibility index (Phi) is 2.33. The standard InChI is InChI=1S/C9H16N4/c1-6-8(5-12-13-6)9-7(4-10)2-3-11-9/h5,7,9,11H,2-4,10H2,1H3,(H,12,13). The molecule has 1 aliphatic heterocycles. The summed E-state index contributed by atoms with van der Waals surface area (Å²) in [7, 11) is 0. The average molecular weight is 180 g/mol.